The summed E-state index contributed by atoms with van der Waals surface area (Å²) in [5.74, 6) is -0.245. The SMILES string of the molecule is NC(=O)C1(NCc2nc3ccccc3n2C(F)F)CC1. The highest BCUT2D eigenvalue weighted by molar-refractivity contribution is 5.87. The van der Waals surface area contributed by atoms with Crippen molar-refractivity contribution in [2.75, 3.05) is 0 Å². The Morgan fingerprint density at radius 2 is 2.15 bits per heavy atom. The third-order valence-electron chi connectivity index (χ3n) is 3.67. The maximum Gasteiger partial charge on any atom is 0.320 e. The molecule has 0 atom stereocenters. The van der Waals surface area contributed by atoms with E-state index in [1.807, 2.05) is 0 Å². The summed E-state index contributed by atoms with van der Waals surface area (Å²) in [4.78, 5) is 15.5. The second kappa shape index (κ2) is 4.52. The lowest BCUT2D eigenvalue weighted by atomic mass is 10.2. The van der Waals surface area contributed by atoms with Gasteiger partial charge in [0.1, 0.15) is 5.82 Å². The van der Waals surface area contributed by atoms with Gasteiger partial charge in [-0.25, -0.2) is 4.98 Å². The number of para-hydroxylation sites is 2. The number of imidazole rings is 1. The third-order valence-corrected chi connectivity index (χ3v) is 3.67. The number of carbonyl (C=O) groups excluding carboxylic acids is 1. The molecule has 2 aromatic rings. The molecule has 0 bridgehead atoms. The number of nitrogens with zero attached hydrogens (tertiary/aromatic N) is 2. The Balaban J connectivity index is 1.91. The van der Waals surface area contributed by atoms with Gasteiger partial charge >= 0.3 is 6.55 Å². The van der Waals surface area contributed by atoms with Crippen LogP contribution < -0.4 is 11.1 Å². The van der Waals surface area contributed by atoms with E-state index in [4.69, 9.17) is 5.73 Å². The standard InChI is InChI=1S/C13H14F2N4O/c14-12(15)19-9-4-2-1-3-8(9)18-10(19)7-17-13(5-6-13)11(16)20/h1-4,12,17H,5-7H2,(H2,16,20). The summed E-state index contributed by atoms with van der Waals surface area (Å²) >= 11 is 0. The van der Waals surface area contributed by atoms with Gasteiger partial charge in [0.2, 0.25) is 5.91 Å². The van der Waals surface area contributed by atoms with Crippen LogP contribution in [0, 0.1) is 0 Å². The van der Waals surface area contributed by atoms with Gasteiger partial charge in [0.15, 0.2) is 0 Å². The molecule has 1 aliphatic carbocycles. The Labute approximate surface area is 113 Å². The molecule has 1 heterocycles. The van der Waals surface area contributed by atoms with Gasteiger partial charge in [-0.05, 0) is 25.0 Å². The summed E-state index contributed by atoms with van der Waals surface area (Å²) in [7, 11) is 0. The van der Waals surface area contributed by atoms with Crippen molar-refractivity contribution < 1.29 is 13.6 Å². The number of nitrogens with two attached hydrogens (primary N) is 1. The molecule has 0 radical (unpaired) electrons. The summed E-state index contributed by atoms with van der Waals surface area (Å²) in [5, 5.41) is 2.95. The molecule has 3 N–H and O–H groups in total. The molecular formula is C13H14F2N4O. The Bertz CT molecular complexity index is 663. The van der Waals surface area contributed by atoms with Gasteiger partial charge in [-0.1, -0.05) is 12.1 Å². The molecule has 5 nitrogen and oxygen atoms in total. The highest BCUT2D eigenvalue weighted by Gasteiger charge is 2.48. The Morgan fingerprint density at radius 3 is 2.75 bits per heavy atom. The normalized spacial score (nSPS) is 16.8. The number of alkyl halides is 2. The van der Waals surface area contributed by atoms with Crippen molar-refractivity contribution in [3.63, 3.8) is 0 Å². The molecule has 1 aromatic carbocycles. The average molecular weight is 280 g/mol. The number of carbonyl (C=O) groups is 1. The highest BCUT2D eigenvalue weighted by Crippen LogP contribution is 2.35. The number of halogens is 2. The average Bonchev–Trinajstić information content (AvgIpc) is 3.10. The van der Waals surface area contributed by atoms with E-state index in [1.54, 1.807) is 24.3 Å². The zero-order valence-corrected chi connectivity index (χ0v) is 10.6. The molecule has 1 aromatic heterocycles. The Hall–Kier alpha value is -2.02. The van der Waals surface area contributed by atoms with Crippen LogP contribution in [0.1, 0.15) is 25.2 Å². The highest BCUT2D eigenvalue weighted by atomic mass is 19.3. The minimum atomic E-state index is -2.68. The lowest BCUT2D eigenvalue weighted by Crippen LogP contribution is -2.43. The monoisotopic (exact) mass is 280 g/mol. The number of primary amides is 1. The summed E-state index contributed by atoms with van der Waals surface area (Å²) in [6.45, 7) is -2.59. The first kappa shape index (κ1) is 13.0. The Kier molecular flexibility index (Phi) is 2.93. The van der Waals surface area contributed by atoms with Gasteiger partial charge in [-0.2, -0.15) is 8.78 Å². The van der Waals surface area contributed by atoms with E-state index in [1.165, 1.54) is 0 Å². The molecule has 7 heteroatoms. The second-order valence-electron chi connectivity index (χ2n) is 4.96. The minimum Gasteiger partial charge on any atom is -0.368 e. The van der Waals surface area contributed by atoms with Crippen molar-refractivity contribution >= 4 is 16.9 Å². The number of fused-ring (bicyclic) bond motifs is 1. The fourth-order valence-corrected chi connectivity index (χ4v) is 2.32. The van der Waals surface area contributed by atoms with Crippen LogP contribution in [-0.2, 0) is 11.3 Å². The molecule has 20 heavy (non-hydrogen) atoms. The van der Waals surface area contributed by atoms with Gasteiger partial charge in [-0.3, -0.25) is 14.7 Å². The maximum absolute atomic E-state index is 13.2. The topological polar surface area (TPSA) is 72.9 Å². The molecule has 3 rings (SSSR count). The van der Waals surface area contributed by atoms with Crippen molar-refractivity contribution in [2.24, 2.45) is 5.73 Å². The summed E-state index contributed by atoms with van der Waals surface area (Å²) < 4.78 is 27.3. The largest absolute Gasteiger partial charge is 0.368 e. The number of hydrogen-bond donors (Lipinski definition) is 2. The molecule has 1 aliphatic rings. The van der Waals surface area contributed by atoms with Gasteiger partial charge in [0.25, 0.3) is 0 Å². The smallest absolute Gasteiger partial charge is 0.320 e. The number of benzene rings is 1. The quantitative estimate of drug-likeness (QED) is 0.872. The third kappa shape index (κ3) is 2.03. The predicted octanol–water partition coefficient (Wildman–Crippen LogP) is 1.54. The van der Waals surface area contributed by atoms with Gasteiger partial charge in [0, 0.05) is 0 Å². The van der Waals surface area contributed by atoms with E-state index in [2.05, 4.69) is 10.3 Å². The van der Waals surface area contributed by atoms with Crippen molar-refractivity contribution in [1.82, 2.24) is 14.9 Å². The van der Waals surface area contributed by atoms with Crippen LogP contribution in [0.4, 0.5) is 8.78 Å². The zero-order chi connectivity index (χ0) is 14.3. The number of aromatic nitrogens is 2. The van der Waals surface area contributed by atoms with Gasteiger partial charge in [-0.15, -0.1) is 0 Å². The first-order chi connectivity index (χ1) is 9.53. The van der Waals surface area contributed by atoms with Crippen molar-refractivity contribution in [1.29, 1.82) is 0 Å². The lowest BCUT2D eigenvalue weighted by Gasteiger charge is -2.14. The van der Waals surface area contributed by atoms with E-state index < -0.39 is 18.0 Å². The molecule has 1 fully saturated rings. The summed E-state index contributed by atoms with van der Waals surface area (Å²) in [5.41, 5.74) is 5.43. The van der Waals surface area contributed by atoms with Gasteiger partial charge in [0.05, 0.1) is 23.1 Å². The number of rotatable bonds is 5. The minimum absolute atomic E-state index is 0.0853. The van der Waals surface area contributed by atoms with Crippen LogP contribution in [0.25, 0.3) is 11.0 Å². The van der Waals surface area contributed by atoms with Crippen LogP contribution in [0.2, 0.25) is 0 Å². The van der Waals surface area contributed by atoms with E-state index in [0.717, 1.165) is 4.57 Å². The summed E-state index contributed by atoms with van der Waals surface area (Å²) in [6, 6.07) is 6.71. The first-order valence-corrected chi connectivity index (χ1v) is 6.32. The molecular weight excluding hydrogens is 266 g/mol. The van der Waals surface area contributed by atoms with Crippen LogP contribution in [0.5, 0.6) is 0 Å². The molecule has 0 spiro atoms. The second-order valence-corrected chi connectivity index (χ2v) is 4.96. The molecule has 106 valence electrons. The number of amides is 1. The molecule has 1 saturated carbocycles. The first-order valence-electron chi connectivity index (χ1n) is 6.32. The number of nitrogens with one attached hydrogen (secondary N) is 1. The Morgan fingerprint density at radius 1 is 1.45 bits per heavy atom. The fourth-order valence-electron chi connectivity index (χ4n) is 2.32. The van der Waals surface area contributed by atoms with E-state index in [0.29, 0.717) is 23.9 Å². The van der Waals surface area contributed by atoms with Gasteiger partial charge < -0.3 is 5.73 Å². The molecule has 0 unspecified atom stereocenters. The van der Waals surface area contributed by atoms with Crippen LogP contribution >= 0.6 is 0 Å². The van der Waals surface area contributed by atoms with Crippen molar-refractivity contribution in [3.8, 4) is 0 Å². The zero-order valence-electron chi connectivity index (χ0n) is 10.6. The molecule has 0 aliphatic heterocycles. The van der Waals surface area contributed by atoms with E-state index in [9.17, 15) is 13.6 Å². The molecule has 0 saturated heterocycles. The lowest BCUT2D eigenvalue weighted by molar-refractivity contribution is -0.121. The maximum atomic E-state index is 13.2. The molecule has 1 amide bonds. The van der Waals surface area contributed by atoms with Crippen LogP contribution in [0.3, 0.4) is 0 Å². The fraction of sp³-hybridized carbons (Fsp3) is 0.385. The van der Waals surface area contributed by atoms with Crippen LogP contribution in [0.15, 0.2) is 24.3 Å². The van der Waals surface area contributed by atoms with E-state index in [-0.39, 0.29) is 12.4 Å². The van der Waals surface area contributed by atoms with Crippen molar-refractivity contribution in [2.45, 2.75) is 31.5 Å². The number of hydrogen-bond acceptors (Lipinski definition) is 3. The van der Waals surface area contributed by atoms with Crippen molar-refractivity contribution in [3.05, 3.63) is 30.1 Å². The predicted molar refractivity (Wildman–Crippen MR) is 69.0 cm³/mol. The summed E-state index contributed by atoms with van der Waals surface area (Å²) in [6.07, 6.45) is 1.27. The van der Waals surface area contributed by atoms with Crippen LogP contribution in [-0.4, -0.2) is 21.0 Å². The van der Waals surface area contributed by atoms with E-state index >= 15 is 0 Å².